The topological polar surface area (TPSA) is 55.0 Å². The predicted molar refractivity (Wildman–Crippen MR) is 69.6 cm³/mol. The first-order valence-electron chi connectivity index (χ1n) is 5.66. The van der Waals surface area contributed by atoms with Gasteiger partial charge in [-0.05, 0) is 36.8 Å². The van der Waals surface area contributed by atoms with Crippen molar-refractivity contribution >= 4 is 11.5 Å². The molecule has 2 N–H and O–H groups in total. The second kappa shape index (κ2) is 5.30. The van der Waals surface area contributed by atoms with E-state index in [4.69, 9.17) is 5.73 Å². The summed E-state index contributed by atoms with van der Waals surface area (Å²) in [7, 11) is 0. The summed E-state index contributed by atoms with van der Waals surface area (Å²) in [5, 5.41) is 8.01. The van der Waals surface area contributed by atoms with Gasteiger partial charge >= 0.3 is 0 Å². The van der Waals surface area contributed by atoms with E-state index in [1.807, 2.05) is 30.3 Å². The molecule has 1 heterocycles. The number of hydrogen-bond acceptors (Lipinski definition) is 4. The van der Waals surface area contributed by atoms with E-state index in [1.165, 1.54) is 5.56 Å². The lowest BCUT2D eigenvalue weighted by Crippen LogP contribution is -2.23. The minimum absolute atomic E-state index is 0.790. The summed E-state index contributed by atoms with van der Waals surface area (Å²) in [4.78, 5) is 2.15. The third kappa shape index (κ3) is 2.93. The molecule has 1 aromatic heterocycles. The minimum atomic E-state index is 0.790. The van der Waals surface area contributed by atoms with Crippen LogP contribution in [0, 0.1) is 0 Å². The Morgan fingerprint density at radius 3 is 2.76 bits per heavy atom. The fourth-order valence-corrected chi connectivity index (χ4v) is 1.73. The minimum Gasteiger partial charge on any atom is -0.399 e. The van der Waals surface area contributed by atoms with Crippen LogP contribution in [0.25, 0.3) is 0 Å². The van der Waals surface area contributed by atoms with Crippen LogP contribution in [-0.4, -0.2) is 16.7 Å². The number of anilines is 2. The Kier molecular flexibility index (Phi) is 3.55. The zero-order chi connectivity index (χ0) is 12.1. The highest BCUT2D eigenvalue weighted by molar-refractivity contribution is 5.43. The summed E-state index contributed by atoms with van der Waals surface area (Å²) in [5.41, 5.74) is 7.74. The molecule has 4 nitrogen and oxygen atoms in total. The number of nitrogen functional groups attached to an aromatic ring is 1. The van der Waals surface area contributed by atoms with Crippen LogP contribution in [0.2, 0.25) is 0 Å². The van der Waals surface area contributed by atoms with Gasteiger partial charge in [0.1, 0.15) is 0 Å². The van der Waals surface area contributed by atoms with Gasteiger partial charge in [-0.2, -0.15) is 5.10 Å². The van der Waals surface area contributed by atoms with Gasteiger partial charge in [0.15, 0.2) is 5.82 Å². The lowest BCUT2D eigenvalue weighted by Gasteiger charge is -2.21. The molecule has 0 spiro atoms. The molecule has 2 rings (SSSR count). The van der Waals surface area contributed by atoms with Gasteiger partial charge in [0.25, 0.3) is 0 Å². The highest BCUT2D eigenvalue weighted by atomic mass is 15.2. The molecule has 0 aliphatic heterocycles. The van der Waals surface area contributed by atoms with E-state index in [9.17, 15) is 0 Å². The van der Waals surface area contributed by atoms with Gasteiger partial charge in [-0.1, -0.05) is 12.1 Å². The number of nitrogens with two attached hydrogens (primary N) is 1. The van der Waals surface area contributed by atoms with Crippen molar-refractivity contribution in [1.82, 2.24) is 10.2 Å². The van der Waals surface area contributed by atoms with Gasteiger partial charge in [0.2, 0.25) is 0 Å². The van der Waals surface area contributed by atoms with Crippen LogP contribution in [0.4, 0.5) is 11.5 Å². The quantitative estimate of drug-likeness (QED) is 0.814. The molecule has 0 radical (unpaired) electrons. The van der Waals surface area contributed by atoms with Crippen LogP contribution >= 0.6 is 0 Å². The maximum Gasteiger partial charge on any atom is 0.151 e. The van der Waals surface area contributed by atoms with Crippen LogP contribution in [-0.2, 0) is 6.54 Å². The van der Waals surface area contributed by atoms with Crippen molar-refractivity contribution < 1.29 is 0 Å². The Balaban J connectivity index is 2.16. The number of benzene rings is 1. The number of hydrogen-bond donors (Lipinski definition) is 1. The molecule has 0 fully saturated rings. The lowest BCUT2D eigenvalue weighted by atomic mass is 10.2. The smallest absolute Gasteiger partial charge is 0.151 e. The van der Waals surface area contributed by atoms with Crippen molar-refractivity contribution in [3.8, 4) is 0 Å². The first-order chi connectivity index (χ1) is 8.29. The van der Waals surface area contributed by atoms with Crippen molar-refractivity contribution in [2.45, 2.75) is 13.5 Å². The van der Waals surface area contributed by atoms with Gasteiger partial charge in [-0.3, -0.25) is 0 Å². The standard InChI is InChI=1S/C13H16N4/c1-2-17(13-7-4-8-15-16-13)10-11-5-3-6-12(14)9-11/h3-9H,2,10,14H2,1H3. The average Bonchev–Trinajstić information content (AvgIpc) is 2.37. The molecule has 0 bridgehead atoms. The zero-order valence-corrected chi connectivity index (χ0v) is 9.87. The molecule has 0 unspecified atom stereocenters. The summed E-state index contributed by atoms with van der Waals surface area (Å²) in [6.45, 7) is 3.77. The van der Waals surface area contributed by atoms with Crippen molar-refractivity contribution in [3.05, 3.63) is 48.2 Å². The second-order valence-corrected chi connectivity index (χ2v) is 3.84. The lowest BCUT2D eigenvalue weighted by molar-refractivity contribution is 0.796. The number of rotatable bonds is 4. The van der Waals surface area contributed by atoms with Crippen LogP contribution in [0.15, 0.2) is 42.6 Å². The maximum absolute atomic E-state index is 5.77. The SMILES string of the molecule is CCN(Cc1cccc(N)c1)c1cccnn1. The Hall–Kier alpha value is -2.10. The Bertz CT molecular complexity index is 470. The molecule has 0 aliphatic carbocycles. The average molecular weight is 228 g/mol. The number of nitrogens with zero attached hydrogens (tertiary/aromatic N) is 3. The molecule has 0 saturated heterocycles. The summed E-state index contributed by atoms with van der Waals surface area (Å²) in [6.07, 6.45) is 1.68. The zero-order valence-electron chi connectivity index (χ0n) is 9.87. The van der Waals surface area contributed by atoms with Gasteiger partial charge < -0.3 is 10.6 Å². The monoisotopic (exact) mass is 228 g/mol. The van der Waals surface area contributed by atoms with Gasteiger partial charge in [0, 0.05) is 25.0 Å². The normalized spacial score (nSPS) is 10.2. The largest absolute Gasteiger partial charge is 0.399 e. The van der Waals surface area contributed by atoms with Crippen LogP contribution in [0.3, 0.4) is 0 Å². The molecule has 0 aliphatic rings. The van der Waals surface area contributed by atoms with Crippen molar-refractivity contribution in [3.63, 3.8) is 0 Å². The fourth-order valence-electron chi connectivity index (χ4n) is 1.73. The van der Waals surface area contributed by atoms with E-state index in [0.29, 0.717) is 0 Å². The molecule has 0 amide bonds. The molecular weight excluding hydrogens is 212 g/mol. The molecule has 4 heteroatoms. The molecule has 0 atom stereocenters. The highest BCUT2D eigenvalue weighted by Gasteiger charge is 2.06. The second-order valence-electron chi connectivity index (χ2n) is 3.84. The highest BCUT2D eigenvalue weighted by Crippen LogP contribution is 2.14. The maximum atomic E-state index is 5.77. The third-order valence-corrected chi connectivity index (χ3v) is 2.59. The first-order valence-corrected chi connectivity index (χ1v) is 5.66. The van der Waals surface area contributed by atoms with Crippen LogP contribution in [0.1, 0.15) is 12.5 Å². The van der Waals surface area contributed by atoms with E-state index < -0.39 is 0 Å². The number of aromatic nitrogens is 2. The van der Waals surface area contributed by atoms with Gasteiger partial charge in [-0.25, -0.2) is 0 Å². The van der Waals surface area contributed by atoms with E-state index in [0.717, 1.165) is 24.6 Å². The molecule has 0 saturated carbocycles. The first kappa shape index (κ1) is 11.4. The van der Waals surface area contributed by atoms with Gasteiger partial charge in [0.05, 0.1) is 0 Å². The van der Waals surface area contributed by atoms with Crippen molar-refractivity contribution in [1.29, 1.82) is 0 Å². The molecule has 2 aromatic rings. The predicted octanol–water partition coefficient (Wildman–Crippen LogP) is 2.09. The summed E-state index contributed by atoms with van der Waals surface area (Å²) in [6, 6.07) is 11.8. The van der Waals surface area contributed by atoms with Gasteiger partial charge in [-0.15, -0.1) is 5.10 Å². The molecule has 1 aromatic carbocycles. The van der Waals surface area contributed by atoms with Crippen LogP contribution in [0.5, 0.6) is 0 Å². The summed E-state index contributed by atoms with van der Waals surface area (Å²) >= 11 is 0. The van der Waals surface area contributed by atoms with Crippen molar-refractivity contribution in [2.75, 3.05) is 17.2 Å². The molecular formula is C13H16N4. The molecule has 88 valence electrons. The van der Waals surface area contributed by atoms with E-state index in [-0.39, 0.29) is 0 Å². The Morgan fingerprint density at radius 2 is 2.12 bits per heavy atom. The summed E-state index contributed by atoms with van der Waals surface area (Å²) in [5.74, 6) is 0.887. The van der Waals surface area contributed by atoms with E-state index >= 15 is 0 Å². The van der Waals surface area contributed by atoms with Crippen molar-refractivity contribution in [2.24, 2.45) is 0 Å². The Morgan fingerprint density at radius 1 is 1.24 bits per heavy atom. The summed E-state index contributed by atoms with van der Waals surface area (Å²) < 4.78 is 0. The van der Waals surface area contributed by atoms with E-state index in [2.05, 4.69) is 28.1 Å². The molecule has 17 heavy (non-hydrogen) atoms. The van der Waals surface area contributed by atoms with E-state index in [1.54, 1.807) is 6.20 Å². The Labute approximate surface area is 101 Å². The van der Waals surface area contributed by atoms with Crippen LogP contribution < -0.4 is 10.6 Å². The fraction of sp³-hybridized carbons (Fsp3) is 0.231. The third-order valence-electron chi connectivity index (χ3n) is 2.59.